The van der Waals surface area contributed by atoms with Gasteiger partial charge in [-0.15, -0.1) is 0 Å². The van der Waals surface area contributed by atoms with Gasteiger partial charge in [0.25, 0.3) is 0 Å². The maximum atomic E-state index is 12.1. The number of hydrogen-bond acceptors (Lipinski definition) is 47. The molecule has 0 spiro atoms. The van der Waals surface area contributed by atoms with Crippen molar-refractivity contribution in [2.75, 3.05) is 52.9 Å². The average Bonchev–Trinajstić information content (AvgIpc) is 0.762. The summed E-state index contributed by atoms with van der Waals surface area (Å²) >= 11 is 0. The van der Waals surface area contributed by atoms with Gasteiger partial charge in [-0.3, -0.25) is 0 Å². The maximum absolute atomic E-state index is 12.1. The Hall–Kier alpha value is -2.37. The van der Waals surface area contributed by atoms with Gasteiger partial charge in [0.05, 0.1) is 59.0 Å². The minimum atomic E-state index is -2.51. The first-order valence-electron chi connectivity index (χ1n) is 33.3. The summed E-state index contributed by atoms with van der Waals surface area (Å²) in [6.45, 7) is -6.10. The van der Waals surface area contributed by atoms with Crippen LogP contribution in [0, 0.1) is 0 Å². The third kappa shape index (κ3) is 18.2. The SMILES string of the molecule is C[C@@H]1O[C@@H](O[C@H]2[C@H](O[C@H]3[C@@H](OC[C@H]4O[C@@H](O[C@H]5[C@H](O)[C@@H](O)[C@H](O)O[C@@H]5CO)[C@H](O)[C@@H](O)[C@@H]4O[C@@H]4O[C@H](CO[C@H]5OC[C@@H](O)[C@H](O)[C@H]5O)[C@@H](O[C@@H]5O[C@H](CO[C@H]6OC[C@@H](O)[C@H](O)[C@H]6O[C@@H]6O[C@H](C(=O)O)[C@H](O)[C@H](O)[C@H]6O)[C@@H](O)[C@H](O)[C@H]5O)[C@H](O)[C@H]4O)OC[C@@H](O)[C@@H]3O)O[C@H](CO)[C@H](O)[C@@H]2O)[C@@H](O)[C@H](O)[C@@H]1O. The number of carboxylic acids is 1. The van der Waals surface area contributed by atoms with Crippen LogP contribution < -0.4 is 0 Å². The number of carbonyl (C=O) groups is 1. The summed E-state index contributed by atoms with van der Waals surface area (Å²) in [4.78, 5) is 11.8. The summed E-state index contributed by atoms with van der Waals surface area (Å²) in [5.41, 5.74) is 0. The van der Waals surface area contributed by atoms with E-state index in [1.807, 2.05) is 0 Å². The fourth-order valence-corrected chi connectivity index (χ4v) is 13.2. The molecule has 10 aliphatic rings. The zero-order chi connectivity index (χ0) is 76.8. The van der Waals surface area contributed by atoms with Gasteiger partial charge in [0.15, 0.2) is 69.0 Å². The van der Waals surface area contributed by atoms with Crippen LogP contribution in [0.2, 0.25) is 0 Å². The van der Waals surface area contributed by atoms with Gasteiger partial charge < -0.3 is 233 Å². The molecule has 610 valence electrons. The van der Waals surface area contributed by atoms with E-state index in [0.717, 1.165) is 0 Å². The van der Waals surface area contributed by atoms with Crippen molar-refractivity contribution >= 4 is 5.97 Å². The van der Waals surface area contributed by atoms with Crippen molar-refractivity contribution < 1.29 is 238 Å². The zero-order valence-corrected chi connectivity index (χ0v) is 55.0. The summed E-state index contributed by atoms with van der Waals surface area (Å²) in [6, 6.07) is 0. The molecule has 0 saturated carbocycles. The number of aliphatic hydroxyl groups is 27. The Morgan fingerprint density at radius 2 is 0.610 bits per heavy atom. The van der Waals surface area contributed by atoms with E-state index in [-0.39, 0.29) is 0 Å². The van der Waals surface area contributed by atoms with Gasteiger partial charge in [-0.05, 0) is 6.92 Å². The summed E-state index contributed by atoms with van der Waals surface area (Å²) in [7, 11) is 0. The number of rotatable bonds is 24. The number of hydrogen-bond donors (Lipinski definition) is 28. The van der Waals surface area contributed by atoms with Gasteiger partial charge in [-0.1, -0.05) is 0 Å². The average molecular weight is 1550 g/mol. The second-order valence-electron chi connectivity index (χ2n) is 26.8. The minimum absolute atomic E-state index is 0.663. The van der Waals surface area contributed by atoms with Crippen LogP contribution in [0.1, 0.15) is 6.92 Å². The predicted octanol–water partition coefficient (Wildman–Crippen LogP) is -19.8. The molecule has 0 aromatic heterocycles. The molecule has 10 saturated heterocycles. The highest BCUT2D eigenvalue weighted by molar-refractivity contribution is 5.73. The van der Waals surface area contributed by atoms with E-state index >= 15 is 0 Å². The van der Waals surface area contributed by atoms with Crippen molar-refractivity contribution in [3.05, 3.63) is 0 Å². The second kappa shape index (κ2) is 36.2. The topological polar surface area (TPSA) is 759 Å². The molecule has 10 heterocycles. The fraction of sp³-hybridized carbons (Fsp3) is 0.982. The van der Waals surface area contributed by atoms with Crippen molar-refractivity contribution in [1.29, 1.82) is 0 Å². The Labute approximate surface area is 591 Å². The lowest BCUT2D eigenvalue weighted by molar-refractivity contribution is -0.398. The van der Waals surface area contributed by atoms with Crippen LogP contribution in [-0.2, 0) is 94.8 Å². The molecule has 0 radical (unpaired) electrons. The second-order valence-corrected chi connectivity index (χ2v) is 26.8. The first-order chi connectivity index (χ1) is 49.6. The standard InChI is InChI=1S/C57H94O48/c1-10-19(63)25(69)35(79)50(93-10)104-46-28(72)23(67)14(2-58)95-57(46)105-45-22(66)13(62)6-89-56(45)92-9-18-42(31(75)38(82)52(98-18)99-40-15(3-59)94-48(86)33(77)30(40)74)101-53-39(83)32(76)41(17(97-53)8-90-49-34(78)20(64)11(60)4-87-49)100-51-36(80)26(70)24(68)16(96-51)7-91-55-44(21(65)12(61)5-88-55)103-54-37(81)27(71)29(73)43(102-54)47(84)85/h10-46,48-83,86H,2-9H2,1H3,(H,84,85)/t10-,11+,12+,13+,14+,15+,16+,17+,18+,19+,20-,21-,22-,23-,24+,25+,26-,27-,28-,29+,30+,31+,32+,33+,34+,35-,36+,37+,38+,39+,40+,41+,42+,43-,44+,45+,46+,48+,49+,50-,51-,52-,53-,54-,55+,56+,57-/m0/s1. The van der Waals surface area contributed by atoms with E-state index < -0.39 is 348 Å². The van der Waals surface area contributed by atoms with Gasteiger partial charge >= 0.3 is 5.97 Å². The maximum Gasteiger partial charge on any atom is 0.335 e. The minimum Gasteiger partial charge on any atom is -0.479 e. The molecule has 10 rings (SSSR count). The lowest BCUT2D eigenvalue weighted by atomic mass is 9.95. The summed E-state index contributed by atoms with van der Waals surface area (Å²) in [5.74, 6) is -1.82. The number of aliphatic hydroxyl groups excluding tert-OH is 27. The lowest BCUT2D eigenvalue weighted by Gasteiger charge is -2.49. The van der Waals surface area contributed by atoms with Gasteiger partial charge in [-0.25, -0.2) is 4.79 Å². The molecular weight excluding hydrogens is 1450 g/mol. The predicted molar refractivity (Wildman–Crippen MR) is 311 cm³/mol. The van der Waals surface area contributed by atoms with Crippen LogP contribution in [0.5, 0.6) is 0 Å². The molecule has 0 aliphatic carbocycles. The normalized spacial score (nSPS) is 53.9. The largest absolute Gasteiger partial charge is 0.479 e. The van der Waals surface area contributed by atoms with Crippen molar-refractivity contribution in [3.8, 4) is 0 Å². The van der Waals surface area contributed by atoms with Crippen molar-refractivity contribution in [1.82, 2.24) is 0 Å². The van der Waals surface area contributed by atoms with Crippen LogP contribution in [0.4, 0.5) is 0 Å². The first-order valence-corrected chi connectivity index (χ1v) is 33.3. The van der Waals surface area contributed by atoms with E-state index in [4.69, 9.17) is 90.0 Å². The van der Waals surface area contributed by atoms with E-state index in [9.17, 15) is 148 Å². The van der Waals surface area contributed by atoms with E-state index in [1.165, 1.54) is 6.92 Å². The van der Waals surface area contributed by atoms with Gasteiger partial charge in [0, 0.05) is 0 Å². The Bertz CT molecular complexity index is 2690. The highest BCUT2D eigenvalue weighted by atomic mass is 16.8. The van der Waals surface area contributed by atoms with Crippen molar-refractivity contribution in [3.63, 3.8) is 0 Å². The van der Waals surface area contributed by atoms with E-state index in [2.05, 4.69) is 0 Å². The zero-order valence-electron chi connectivity index (χ0n) is 55.0. The Morgan fingerprint density at radius 3 is 1.10 bits per heavy atom. The van der Waals surface area contributed by atoms with Gasteiger partial charge in [0.2, 0.25) is 0 Å². The third-order valence-corrected chi connectivity index (χ3v) is 19.6. The summed E-state index contributed by atoms with van der Waals surface area (Å²) in [5, 5.41) is 304. The lowest BCUT2D eigenvalue weighted by Crippen LogP contribution is -2.68. The Balaban J connectivity index is 0.905. The molecule has 28 N–H and O–H groups in total. The molecule has 48 nitrogen and oxygen atoms in total. The number of ether oxygens (including phenoxy) is 19. The van der Waals surface area contributed by atoms with Crippen LogP contribution in [0.15, 0.2) is 0 Å². The molecule has 47 atom stereocenters. The van der Waals surface area contributed by atoms with Gasteiger partial charge in [0.1, 0.15) is 214 Å². The molecule has 10 aliphatic heterocycles. The van der Waals surface area contributed by atoms with Crippen LogP contribution in [-0.4, -0.2) is 491 Å². The number of aliphatic carboxylic acids is 1. The van der Waals surface area contributed by atoms with Crippen molar-refractivity contribution in [2.24, 2.45) is 0 Å². The molecule has 0 aromatic rings. The monoisotopic (exact) mass is 1550 g/mol. The molecule has 0 aromatic carbocycles. The molecule has 48 heteroatoms. The third-order valence-electron chi connectivity index (χ3n) is 19.6. The van der Waals surface area contributed by atoms with Crippen molar-refractivity contribution in [2.45, 2.75) is 296 Å². The highest BCUT2D eigenvalue weighted by Gasteiger charge is 2.60. The molecule has 0 amide bonds. The summed E-state index contributed by atoms with van der Waals surface area (Å²) in [6.07, 6.45) is -97.1. The van der Waals surface area contributed by atoms with Gasteiger partial charge in [-0.2, -0.15) is 0 Å². The first kappa shape index (κ1) is 85.1. The Kier molecular flexibility index (Phi) is 29.3. The van der Waals surface area contributed by atoms with Crippen LogP contribution in [0.3, 0.4) is 0 Å². The molecule has 0 bridgehead atoms. The quantitative estimate of drug-likeness (QED) is 0.0427. The Morgan fingerprint density at radius 1 is 0.286 bits per heavy atom. The number of carboxylic acid groups (broad SMARTS) is 1. The van der Waals surface area contributed by atoms with E-state index in [0.29, 0.717) is 0 Å². The molecule has 0 unspecified atom stereocenters. The molecule has 105 heavy (non-hydrogen) atoms. The van der Waals surface area contributed by atoms with E-state index in [1.54, 1.807) is 0 Å². The highest BCUT2D eigenvalue weighted by Crippen LogP contribution is 2.39. The van der Waals surface area contributed by atoms with Crippen LogP contribution >= 0.6 is 0 Å². The molecule has 10 fully saturated rings. The summed E-state index contributed by atoms with van der Waals surface area (Å²) < 4.78 is 109. The van der Waals surface area contributed by atoms with Crippen LogP contribution in [0.25, 0.3) is 0 Å². The molecular formula is C57H94O48. The fourth-order valence-electron chi connectivity index (χ4n) is 13.2. The smallest absolute Gasteiger partial charge is 0.335 e.